The maximum absolute atomic E-state index is 2.39. The van der Waals surface area contributed by atoms with Gasteiger partial charge >= 0.3 is 0 Å². The fourth-order valence-electron chi connectivity index (χ4n) is 7.15. The van der Waals surface area contributed by atoms with E-state index in [1.807, 2.05) is 11.8 Å². The number of benzene rings is 5. The maximum Gasteiger partial charge on any atom is 0.0729 e. The molecule has 1 aliphatic carbocycles. The van der Waals surface area contributed by atoms with Crippen LogP contribution in [0.5, 0.6) is 0 Å². The Morgan fingerprint density at radius 2 is 1.10 bits per heavy atom. The Morgan fingerprint density at radius 3 is 1.80 bits per heavy atom. The van der Waals surface area contributed by atoms with Crippen LogP contribution in [0.4, 0.5) is 0 Å². The zero-order valence-electron chi connectivity index (χ0n) is 22.5. The van der Waals surface area contributed by atoms with Crippen molar-refractivity contribution in [1.82, 2.24) is 0 Å². The molecule has 6 aromatic rings. The van der Waals surface area contributed by atoms with Crippen LogP contribution >= 0.6 is 23.1 Å². The molecule has 1 aliphatic heterocycles. The first-order chi connectivity index (χ1) is 19.6. The van der Waals surface area contributed by atoms with Gasteiger partial charge in [0.1, 0.15) is 0 Å². The van der Waals surface area contributed by atoms with Crippen molar-refractivity contribution in [2.75, 3.05) is 0 Å². The van der Waals surface area contributed by atoms with Gasteiger partial charge in [-0.1, -0.05) is 135 Å². The van der Waals surface area contributed by atoms with Crippen molar-refractivity contribution in [3.63, 3.8) is 0 Å². The van der Waals surface area contributed by atoms with E-state index in [0.29, 0.717) is 0 Å². The lowest BCUT2D eigenvalue weighted by Crippen LogP contribution is -2.43. The molecule has 0 saturated heterocycles. The quantitative estimate of drug-likeness (QED) is 0.207. The lowest BCUT2D eigenvalue weighted by atomic mass is 9.54. The molecule has 5 aromatic carbocycles. The van der Waals surface area contributed by atoms with Crippen LogP contribution in [0, 0.1) is 0 Å². The number of rotatable bonds is 2. The van der Waals surface area contributed by atoms with Gasteiger partial charge in [0.05, 0.1) is 5.41 Å². The van der Waals surface area contributed by atoms with Crippen LogP contribution in [0.1, 0.15) is 47.2 Å². The Labute approximate surface area is 244 Å². The van der Waals surface area contributed by atoms with Crippen molar-refractivity contribution in [2.24, 2.45) is 0 Å². The zero-order chi connectivity index (χ0) is 26.9. The Morgan fingerprint density at radius 1 is 0.500 bits per heavy atom. The van der Waals surface area contributed by atoms with Crippen LogP contribution in [-0.4, -0.2) is 0 Å². The molecule has 40 heavy (non-hydrogen) atoms. The second-order valence-corrected chi connectivity index (χ2v) is 13.3. The summed E-state index contributed by atoms with van der Waals surface area (Å²) in [6.07, 6.45) is 0. The van der Waals surface area contributed by atoms with Crippen LogP contribution in [0.2, 0.25) is 0 Å². The van der Waals surface area contributed by atoms with Crippen LogP contribution in [0.15, 0.2) is 143 Å². The number of fused-ring (bicyclic) bond motifs is 8. The molecular weight excluding hydrogens is 521 g/mol. The minimum absolute atomic E-state index is 0.0925. The van der Waals surface area contributed by atoms with Gasteiger partial charge < -0.3 is 0 Å². The third-order valence-corrected chi connectivity index (χ3v) is 11.0. The van der Waals surface area contributed by atoms with Gasteiger partial charge in [-0.3, -0.25) is 0 Å². The zero-order valence-corrected chi connectivity index (χ0v) is 24.2. The first-order valence-corrected chi connectivity index (χ1v) is 15.5. The third kappa shape index (κ3) is 3.21. The van der Waals surface area contributed by atoms with Crippen molar-refractivity contribution in [3.05, 3.63) is 166 Å². The van der Waals surface area contributed by atoms with Gasteiger partial charge in [-0.25, -0.2) is 0 Å². The second-order valence-electron chi connectivity index (χ2n) is 11.3. The first-order valence-electron chi connectivity index (χ1n) is 13.9. The minimum Gasteiger partial charge on any atom is -0.144 e. The summed E-state index contributed by atoms with van der Waals surface area (Å²) in [5.41, 5.74) is 11.7. The molecule has 0 fully saturated rings. The summed E-state index contributed by atoms with van der Waals surface area (Å²) in [6.45, 7) is 4.77. The summed E-state index contributed by atoms with van der Waals surface area (Å²) in [5.74, 6) is 0. The topological polar surface area (TPSA) is 0 Å². The van der Waals surface area contributed by atoms with E-state index < -0.39 is 0 Å². The van der Waals surface area contributed by atoms with Crippen LogP contribution in [0.3, 0.4) is 0 Å². The summed E-state index contributed by atoms with van der Waals surface area (Å²) in [5, 5.41) is 2.16. The molecule has 2 aliphatic rings. The lowest BCUT2D eigenvalue weighted by molar-refractivity contribution is 0.549. The fourth-order valence-corrected chi connectivity index (χ4v) is 9.20. The van der Waals surface area contributed by atoms with Gasteiger partial charge in [0.15, 0.2) is 0 Å². The van der Waals surface area contributed by atoms with Gasteiger partial charge in [-0.05, 0) is 73.7 Å². The fraction of sp³-hybridized carbons (Fsp3) is 0.105. The molecule has 0 nitrogen and oxygen atoms in total. The van der Waals surface area contributed by atoms with E-state index in [1.165, 1.54) is 64.7 Å². The van der Waals surface area contributed by atoms with Crippen molar-refractivity contribution in [2.45, 2.75) is 34.5 Å². The van der Waals surface area contributed by atoms with E-state index in [9.17, 15) is 0 Å². The third-order valence-electron chi connectivity index (χ3n) is 8.91. The van der Waals surface area contributed by atoms with Gasteiger partial charge in [0.25, 0.3) is 0 Å². The second kappa shape index (κ2) is 8.83. The van der Waals surface area contributed by atoms with E-state index in [0.717, 1.165) is 0 Å². The predicted octanol–water partition coefficient (Wildman–Crippen LogP) is 10.6. The van der Waals surface area contributed by atoms with E-state index in [2.05, 4.69) is 147 Å². The SMILES string of the molecule is CC1(C)c2ccccc2C2(c3ccccc3Sc3c(-c4cccc(-c5cccs5)c4)cccc32)c2ccccc21. The van der Waals surface area contributed by atoms with Crippen molar-refractivity contribution in [1.29, 1.82) is 0 Å². The van der Waals surface area contributed by atoms with E-state index >= 15 is 0 Å². The molecule has 0 saturated carbocycles. The van der Waals surface area contributed by atoms with Crippen molar-refractivity contribution < 1.29 is 0 Å². The van der Waals surface area contributed by atoms with Crippen molar-refractivity contribution in [3.8, 4) is 21.6 Å². The molecule has 2 heterocycles. The smallest absolute Gasteiger partial charge is 0.0729 e. The average molecular weight is 549 g/mol. The van der Waals surface area contributed by atoms with Gasteiger partial charge in [0, 0.05) is 20.1 Å². The standard InChI is InChI=1S/C38H28S2/c1-37(2)28-15-3-5-17-30(28)38(31-18-6-4-16-29(31)37)32-19-7-8-21-35(32)40-36-27(14-10-20-33(36)38)25-12-9-13-26(24-25)34-22-11-23-39-34/h3-24H,1-2H3. The summed E-state index contributed by atoms with van der Waals surface area (Å²) in [7, 11) is 0. The lowest BCUT2D eigenvalue weighted by Gasteiger charge is -2.50. The molecule has 192 valence electrons. The summed E-state index contributed by atoms with van der Waals surface area (Å²) < 4.78 is 0. The highest BCUT2D eigenvalue weighted by molar-refractivity contribution is 7.99. The molecule has 0 atom stereocenters. The molecule has 1 aromatic heterocycles. The Bertz CT molecular complexity index is 1860. The van der Waals surface area contributed by atoms with Crippen LogP contribution < -0.4 is 0 Å². The largest absolute Gasteiger partial charge is 0.144 e. The van der Waals surface area contributed by atoms with Crippen LogP contribution in [-0.2, 0) is 10.8 Å². The van der Waals surface area contributed by atoms with E-state index in [-0.39, 0.29) is 10.8 Å². The van der Waals surface area contributed by atoms with Gasteiger partial charge in [-0.15, -0.1) is 11.3 Å². The molecule has 0 unspecified atom stereocenters. The first kappa shape index (κ1) is 24.0. The Balaban J connectivity index is 1.48. The van der Waals surface area contributed by atoms with Crippen molar-refractivity contribution >= 4 is 23.1 Å². The molecule has 0 radical (unpaired) electrons. The molecule has 0 bridgehead atoms. The molecule has 1 spiro atoms. The number of thiophene rings is 1. The monoisotopic (exact) mass is 548 g/mol. The number of hydrogen-bond donors (Lipinski definition) is 0. The number of hydrogen-bond acceptors (Lipinski definition) is 2. The molecule has 0 amide bonds. The molecule has 2 heteroatoms. The highest BCUT2D eigenvalue weighted by atomic mass is 32.2. The average Bonchev–Trinajstić information content (AvgIpc) is 3.55. The molecular formula is C38H28S2. The van der Waals surface area contributed by atoms with Gasteiger partial charge in [0.2, 0.25) is 0 Å². The van der Waals surface area contributed by atoms with E-state index in [4.69, 9.17) is 0 Å². The Hall–Kier alpha value is -3.85. The summed E-state index contributed by atoms with van der Waals surface area (Å²) >= 11 is 3.72. The minimum atomic E-state index is -0.388. The Kier molecular flexibility index (Phi) is 5.29. The van der Waals surface area contributed by atoms with E-state index in [1.54, 1.807) is 11.3 Å². The molecule has 0 N–H and O–H groups in total. The summed E-state index contributed by atoms with van der Waals surface area (Å²) in [6, 6.07) is 47.8. The predicted molar refractivity (Wildman–Crippen MR) is 170 cm³/mol. The normalized spacial score (nSPS) is 15.6. The van der Waals surface area contributed by atoms with Crippen LogP contribution in [0.25, 0.3) is 21.6 Å². The highest BCUT2D eigenvalue weighted by Gasteiger charge is 2.52. The highest BCUT2D eigenvalue weighted by Crippen LogP contribution is 2.62. The summed E-state index contributed by atoms with van der Waals surface area (Å²) in [4.78, 5) is 3.99. The molecule has 8 rings (SSSR count). The maximum atomic E-state index is 2.39. The van der Waals surface area contributed by atoms with Gasteiger partial charge in [-0.2, -0.15) is 0 Å².